The number of hydrogen-bond acceptors (Lipinski definition) is 4. The van der Waals surface area contributed by atoms with Gasteiger partial charge in [0.05, 0.1) is 11.6 Å². The van der Waals surface area contributed by atoms with Crippen LogP contribution in [-0.4, -0.2) is 27.9 Å². The van der Waals surface area contributed by atoms with E-state index in [2.05, 4.69) is 5.32 Å². The van der Waals surface area contributed by atoms with Crippen LogP contribution in [0.4, 0.5) is 10.5 Å². The highest BCUT2D eigenvalue weighted by molar-refractivity contribution is 5.88. The van der Waals surface area contributed by atoms with Crippen LogP contribution in [0.5, 0.6) is 5.75 Å². The lowest BCUT2D eigenvalue weighted by molar-refractivity contribution is -0.143. The molecule has 1 fully saturated rings. The topological polar surface area (TPSA) is 95.9 Å². The zero-order valence-electron chi connectivity index (χ0n) is 15.7. The molecule has 0 aliphatic heterocycles. The predicted octanol–water partition coefficient (Wildman–Crippen LogP) is 4.56. The number of nitrogens with one attached hydrogen (secondary N) is 1. The number of carboxylic acid groups (broad SMARTS) is 1. The fourth-order valence-corrected chi connectivity index (χ4v) is 3.61. The molecule has 6 nitrogen and oxygen atoms in total. The molecule has 0 radical (unpaired) electrons. The van der Waals surface area contributed by atoms with Crippen LogP contribution in [-0.2, 0) is 16.0 Å². The lowest BCUT2D eigenvalue weighted by Gasteiger charge is -2.21. The summed E-state index contributed by atoms with van der Waals surface area (Å²) < 4.78 is 5.25. The zero-order valence-corrected chi connectivity index (χ0v) is 15.7. The Morgan fingerprint density at radius 3 is 2.65 bits per heavy atom. The van der Waals surface area contributed by atoms with E-state index < -0.39 is 17.7 Å². The van der Waals surface area contributed by atoms with Crippen LogP contribution in [0.25, 0.3) is 0 Å². The highest BCUT2D eigenvalue weighted by Crippen LogP contribution is 2.36. The van der Waals surface area contributed by atoms with Crippen LogP contribution in [0.1, 0.15) is 58.4 Å². The van der Waals surface area contributed by atoms with E-state index >= 15 is 0 Å². The molecular formula is C20H29NO5. The van der Waals surface area contributed by atoms with Gasteiger partial charge in [0.1, 0.15) is 11.4 Å². The van der Waals surface area contributed by atoms with Crippen molar-refractivity contribution in [3.05, 3.63) is 23.8 Å². The summed E-state index contributed by atoms with van der Waals surface area (Å²) in [6.45, 7) is 5.33. The number of carboxylic acids is 1. The van der Waals surface area contributed by atoms with Gasteiger partial charge in [0.25, 0.3) is 0 Å². The Kier molecular flexibility index (Phi) is 6.51. The number of anilines is 1. The molecule has 1 aliphatic rings. The second kappa shape index (κ2) is 8.43. The fraction of sp³-hybridized carbons (Fsp3) is 0.600. The number of rotatable bonds is 6. The number of hydrogen-bond donors (Lipinski definition) is 3. The van der Waals surface area contributed by atoms with Crippen molar-refractivity contribution < 1.29 is 24.5 Å². The molecule has 1 aliphatic carbocycles. The van der Waals surface area contributed by atoms with Gasteiger partial charge in [0, 0.05) is 0 Å². The normalized spacial score (nSPS) is 20.0. The summed E-state index contributed by atoms with van der Waals surface area (Å²) in [6.07, 6.45) is 4.38. The monoisotopic (exact) mass is 363 g/mol. The molecule has 0 bridgehead atoms. The highest BCUT2D eigenvalue weighted by atomic mass is 16.6. The second-order valence-electron chi connectivity index (χ2n) is 7.97. The van der Waals surface area contributed by atoms with Crippen molar-refractivity contribution in [2.45, 2.75) is 64.9 Å². The molecule has 0 spiro atoms. The number of benzene rings is 1. The molecular weight excluding hydrogens is 334 g/mol. The molecule has 3 N–H and O–H groups in total. The molecule has 1 amide bonds. The van der Waals surface area contributed by atoms with Gasteiger partial charge in [0.15, 0.2) is 0 Å². The largest absolute Gasteiger partial charge is 0.506 e. The van der Waals surface area contributed by atoms with Crippen molar-refractivity contribution in [2.24, 2.45) is 11.8 Å². The minimum Gasteiger partial charge on any atom is -0.506 e. The number of ether oxygens (including phenoxy) is 1. The predicted molar refractivity (Wildman–Crippen MR) is 99.4 cm³/mol. The SMILES string of the molecule is CC(C)(C)OC(=O)Nc1c(O)cccc1CCC[C@H]1CCC[C@H]1C(=O)O. The Labute approximate surface area is 154 Å². The summed E-state index contributed by atoms with van der Waals surface area (Å²) in [5.74, 6) is -0.722. The molecule has 0 aromatic heterocycles. The first-order valence-corrected chi connectivity index (χ1v) is 9.21. The molecule has 1 aromatic rings. The Balaban J connectivity index is 1.98. The van der Waals surface area contributed by atoms with Crippen LogP contribution in [0.3, 0.4) is 0 Å². The van der Waals surface area contributed by atoms with Crippen molar-refractivity contribution in [2.75, 3.05) is 5.32 Å². The molecule has 1 saturated carbocycles. The number of phenolic OH excluding ortho intramolecular Hbond substituents is 1. The quantitative estimate of drug-likeness (QED) is 0.644. The number of phenols is 1. The number of carbonyl (C=O) groups excluding carboxylic acids is 1. The van der Waals surface area contributed by atoms with Crippen molar-refractivity contribution >= 4 is 17.7 Å². The van der Waals surface area contributed by atoms with E-state index in [9.17, 15) is 19.8 Å². The molecule has 144 valence electrons. The van der Waals surface area contributed by atoms with Gasteiger partial charge in [-0.25, -0.2) is 4.79 Å². The highest BCUT2D eigenvalue weighted by Gasteiger charge is 2.32. The Hall–Kier alpha value is -2.24. The minimum atomic E-state index is -0.697. The van der Waals surface area contributed by atoms with Gasteiger partial charge in [-0.15, -0.1) is 0 Å². The first kappa shape index (κ1) is 20.1. The minimum absolute atomic E-state index is 0.00219. The molecule has 2 atom stereocenters. The van der Waals surface area contributed by atoms with Gasteiger partial charge >= 0.3 is 12.1 Å². The van der Waals surface area contributed by atoms with Crippen LogP contribution in [0, 0.1) is 11.8 Å². The Morgan fingerprint density at radius 1 is 1.27 bits per heavy atom. The zero-order chi connectivity index (χ0) is 19.3. The van der Waals surface area contributed by atoms with E-state index in [0.717, 1.165) is 37.7 Å². The van der Waals surface area contributed by atoms with Crippen molar-refractivity contribution in [3.63, 3.8) is 0 Å². The van der Waals surface area contributed by atoms with Crippen LogP contribution < -0.4 is 5.32 Å². The summed E-state index contributed by atoms with van der Waals surface area (Å²) in [7, 11) is 0. The van der Waals surface area contributed by atoms with Crippen LogP contribution in [0.2, 0.25) is 0 Å². The standard InChI is InChI=1S/C20H29NO5/c1-20(2,3)26-19(25)21-17-14(10-6-12-16(17)22)9-4-7-13-8-5-11-15(13)18(23)24/h6,10,12-13,15,22H,4-5,7-9,11H2,1-3H3,(H,21,25)(H,23,24)/t13-,15+/m0/s1. The second-order valence-corrected chi connectivity index (χ2v) is 7.97. The van der Waals surface area contributed by atoms with E-state index in [1.54, 1.807) is 26.8 Å². The summed E-state index contributed by atoms with van der Waals surface area (Å²) in [6, 6.07) is 5.12. The maximum absolute atomic E-state index is 12.0. The smallest absolute Gasteiger partial charge is 0.412 e. The maximum Gasteiger partial charge on any atom is 0.412 e. The number of carbonyl (C=O) groups is 2. The third-order valence-corrected chi connectivity index (χ3v) is 4.75. The molecule has 6 heteroatoms. The average Bonchev–Trinajstić information content (AvgIpc) is 2.97. The number of aromatic hydroxyl groups is 1. The van der Waals surface area contributed by atoms with Gasteiger partial charge < -0.3 is 14.9 Å². The van der Waals surface area contributed by atoms with E-state index in [1.807, 2.05) is 6.07 Å². The lowest BCUT2D eigenvalue weighted by Crippen LogP contribution is -2.27. The van der Waals surface area contributed by atoms with Gasteiger partial charge in [0.2, 0.25) is 0 Å². The van der Waals surface area contributed by atoms with Crippen LogP contribution >= 0.6 is 0 Å². The van der Waals surface area contributed by atoms with E-state index in [0.29, 0.717) is 12.1 Å². The first-order chi connectivity index (χ1) is 12.2. The number of aliphatic carboxylic acids is 1. The van der Waals surface area contributed by atoms with Gasteiger partial charge in [-0.3, -0.25) is 10.1 Å². The van der Waals surface area contributed by atoms with Crippen molar-refractivity contribution in [1.82, 2.24) is 0 Å². The van der Waals surface area contributed by atoms with Gasteiger partial charge in [-0.05, 0) is 70.4 Å². The molecule has 0 heterocycles. The molecule has 0 saturated heterocycles. The van der Waals surface area contributed by atoms with Crippen LogP contribution in [0.15, 0.2) is 18.2 Å². The third kappa shape index (κ3) is 5.64. The lowest BCUT2D eigenvalue weighted by atomic mass is 9.90. The molecule has 1 aromatic carbocycles. The Bertz CT molecular complexity index is 650. The van der Waals surface area contributed by atoms with Gasteiger partial charge in [-0.1, -0.05) is 18.6 Å². The summed E-state index contributed by atoms with van der Waals surface area (Å²) in [5.41, 5.74) is 0.562. The van der Waals surface area contributed by atoms with E-state index in [1.165, 1.54) is 6.07 Å². The number of amides is 1. The number of para-hydroxylation sites is 1. The molecule has 0 unspecified atom stereocenters. The van der Waals surface area contributed by atoms with Crippen molar-refractivity contribution in [3.8, 4) is 5.75 Å². The van der Waals surface area contributed by atoms with E-state index in [-0.39, 0.29) is 17.6 Å². The summed E-state index contributed by atoms with van der Waals surface area (Å²) >= 11 is 0. The van der Waals surface area contributed by atoms with Gasteiger partial charge in [-0.2, -0.15) is 0 Å². The molecule has 26 heavy (non-hydrogen) atoms. The number of aryl methyl sites for hydroxylation is 1. The summed E-state index contributed by atoms with van der Waals surface area (Å²) in [5, 5.41) is 22.0. The van der Waals surface area contributed by atoms with E-state index in [4.69, 9.17) is 4.74 Å². The Morgan fingerprint density at radius 2 is 2.00 bits per heavy atom. The maximum atomic E-state index is 12.0. The third-order valence-electron chi connectivity index (χ3n) is 4.75. The fourth-order valence-electron chi connectivity index (χ4n) is 3.61. The first-order valence-electron chi connectivity index (χ1n) is 9.21. The average molecular weight is 363 g/mol. The summed E-state index contributed by atoms with van der Waals surface area (Å²) in [4.78, 5) is 23.3. The van der Waals surface area contributed by atoms with Crippen molar-refractivity contribution in [1.29, 1.82) is 0 Å². The molecule has 2 rings (SSSR count).